The van der Waals surface area contributed by atoms with Gasteiger partial charge in [-0.3, -0.25) is 4.79 Å². The van der Waals surface area contributed by atoms with Gasteiger partial charge in [0.2, 0.25) is 5.91 Å². The summed E-state index contributed by atoms with van der Waals surface area (Å²) in [6.45, 7) is 9.88. The zero-order valence-electron chi connectivity index (χ0n) is 12.6. The summed E-state index contributed by atoms with van der Waals surface area (Å²) in [4.78, 5) is 14.5. The largest absolute Gasteiger partial charge is 0.341 e. The summed E-state index contributed by atoms with van der Waals surface area (Å²) < 4.78 is 0. The summed E-state index contributed by atoms with van der Waals surface area (Å²) in [7, 11) is 0. The van der Waals surface area contributed by atoms with Gasteiger partial charge >= 0.3 is 0 Å². The first-order chi connectivity index (χ1) is 8.48. The lowest BCUT2D eigenvalue weighted by Gasteiger charge is -2.40. The second-order valence-corrected chi connectivity index (χ2v) is 6.97. The van der Waals surface area contributed by atoms with E-state index >= 15 is 0 Å². The SMILES string of the molecule is CC(C)(C)C1CCN(C(=O)C2CCCCN2)CC1.Cl. The molecule has 2 aliphatic rings. The average Bonchev–Trinajstić information content (AvgIpc) is 2.38. The third kappa shape index (κ3) is 4.35. The smallest absolute Gasteiger partial charge is 0.239 e. The number of amides is 1. The Labute approximate surface area is 123 Å². The van der Waals surface area contributed by atoms with Crippen molar-refractivity contribution in [1.29, 1.82) is 0 Å². The number of carbonyl (C=O) groups is 1. The predicted molar refractivity (Wildman–Crippen MR) is 81.6 cm³/mol. The number of rotatable bonds is 1. The average molecular weight is 289 g/mol. The first kappa shape index (κ1) is 16.8. The lowest BCUT2D eigenvalue weighted by Crippen LogP contribution is -2.51. The van der Waals surface area contributed by atoms with Crippen molar-refractivity contribution in [3.8, 4) is 0 Å². The van der Waals surface area contributed by atoms with E-state index in [4.69, 9.17) is 0 Å². The van der Waals surface area contributed by atoms with Crippen molar-refractivity contribution in [2.75, 3.05) is 19.6 Å². The van der Waals surface area contributed by atoms with Crippen molar-refractivity contribution >= 4 is 18.3 Å². The molecule has 2 heterocycles. The Hall–Kier alpha value is -0.280. The first-order valence-corrected chi connectivity index (χ1v) is 7.50. The van der Waals surface area contributed by atoms with Gasteiger partial charge in [-0.15, -0.1) is 12.4 Å². The molecule has 19 heavy (non-hydrogen) atoms. The summed E-state index contributed by atoms with van der Waals surface area (Å²) in [5, 5.41) is 3.37. The topological polar surface area (TPSA) is 32.3 Å². The third-order valence-corrected chi connectivity index (χ3v) is 4.64. The Morgan fingerprint density at radius 1 is 1.11 bits per heavy atom. The second kappa shape index (κ2) is 6.94. The van der Waals surface area contributed by atoms with Crippen molar-refractivity contribution in [2.24, 2.45) is 11.3 Å². The molecule has 1 unspecified atom stereocenters. The molecule has 0 aromatic rings. The van der Waals surface area contributed by atoms with Gasteiger partial charge in [-0.05, 0) is 43.6 Å². The van der Waals surface area contributed by atoms with E-state index in [1.54, 1.807) is 0 Å². The van der Waals surface area contributed by atoms with Crippen LogP contribution >= 0.6 is 12.4 Å². The Balaban J connectivity index is 0.00000180. The van der Waals surface area contributed by atoms with Crippen LogP contribution in [0.15, 0.2) is 0 Å². The molecule has 0 aromatic carbocycles. The van der Waals surface area contributed by atoms with E-state index in [1.807, 2.05) is 0 Å². The van der Waals surface area contributed by atoms with Gasteiger partial charge in [0.15, 0.2) is 0 Å². The molecule has 2 saturated heterocycles. The number of hydrogen-bond donors (Lipinski definition) is 1. The highest BCUT2D eigenvalue weighted by molar-refractivity contribution is 5.85. The van der Waals surface area contributed by atoms with Crippen molar-refractivity contribution < 1.29 is 4.79 Å². The van der Waals surface area contributed by atoms with Crippen LogP contribution < -0.4 is 5.32 Å². The first-order valence-electron chi connectivity index (χ1n) is 7.50. The Bertz CT molecular complexity index is 287. The molecule has 0 aromatic heterocycles. The van der Waals surface area contributed by atoms with Crippen molar-refractivity contribution in [3.05, 3.63) is 0 Å². The predicted octanol–water partition coefficient (Wildman–Crippen LogP) is 2.84. The summed E-state index contributed by atoms with van der Waals surface area (Å²) in [5.74, 6) is 1.11. The minimum Gasteiger partial charge on any atom is -0.341 e. The molecule has 4 heteroatoms. The number of hydrogen-bond acceptors (Lipinski definition) is 2. The lowest BCUT2D eigenvalue weighted by atomic mass is 9.75. The van der Waals surface area contributed by atoms with Gasteiger partial charge in [0.25, 0.3) is 0 Å². The van der Waals surface area contributed by atoms with Gasteiger partial charge in [0, 0.05) is 13.1 Å². The van der Waals surface area contributed by atoms with Gasteiger partial charge < -0.3 is 10.2 Å². The molecule has 1 amide bonds. The molecule has 2 rings (SSSR count). The van der Waals surface area contributed by atoms with E-state index in [9.17, 15) is 4.79 Å². The minimum absolute atomic E-state index is 0. The maximum atomic E-state index is 12.4. The summed E-state index contributed by atoms with van der Waals surface area (Å²) >= 11 is 0. The molecule has 0 spiro atoms. The highest BCUT2D eigenvalue weighted by Crippen LogP contribution is 2.34. The minimum atomic E-state index is 0. The molecule has 1 atom stereocenters. The van der Waals surface area contributed by atoms with Crippen molar-refractivity contribution in [2.45, 2.75) is 58.9 Å². The van der Waals surface area contributed by atoms with Crippen LogP contribution in [0.5, 0.6) is 0 Å². The van der Waals surface area contributed by atoms with E-state index in [2.05, 4.69) is 31.0 Å². The lowest BCUT2D eigenvalue weighted by molar-refractivity contribution is -0.136. The zero-order valence-corrected chi connectivity index (χ0v) is 13.4. The van der Waals surface area contributed by atoms with E-state index in [-0.39, 0.29) is 18.4 Å². The van der Waals surface area contributed by atoms with Gasteiger partial charge in [-0.2, -0.15) is 0 Å². The van der Waals surface area contributed by atoms with E-state index in [0.717, 1.165) is 32.0 Å². The fourth-order valence-electron chi connectivity index (χ4n) is 3.25. The Morgan fingerprint density at radius 2 is 1.74 bits per heavy atom. The van der Waals surface area contributed by atoms with E-state index in [1.165, 1.54) is 25.7 Å². The highest BCUT2D eigenvalue weighted by Gasteiger charge is 2.32. The molecule has 2 aliphatic heterocycles. The summed E-state index contributed by atoms with van der Waals surface area (Å²) in [6.07, 6.45) is 5.78. The molecule has 0 radical (unpaired) electrons. The fourth-order valence-corrected chi connectivity index (χ4v) is 3.25. The quantitative estimate of drug-likeness (QED) is 0.805. The van der Waals surface area contributed by atoms with Crippen molar-refractivity contribution in [1.82, 2.24) is 10.2 Å². The van der Waals surface area contributed by atoms with Crippen LogP contribution in [-0.4, -0.2) is 36.5 Å². The van der Waals surface area contributed by atoms with Crippen LogP contribution in [0.4, 0.5) is 0 Å². The van der Waals surface area contributed by atoms with Crippen LogP contribution in [0.1, 0.15) is 52.9 Å². The van der Waals surface area contributed by atoms with E-state index < -0.39 is 0 Å². The monoisotopic (exact) mass is 288 g/mol. The molecule has 0 aliphatic carbocycles. The molecular formula is C15H29ClN2O. The second-order valence-electron chi connectivity index (χ2n) is 6.97. The Morgan fingerprint density at radius 3 is 2.21 bits per heavy atom. The number of halogens is 1. The third-order valence-electron chi connectivity index (χ3n) is 4.64. The fraction of sp³-hybridized carbons (Fsp3) is 0.933. The van der Waals surface area contributed by atoms with Crippen molar-refractivity contribution in [3.63, 3.8) is 0 Å². The number of carbonyl (C=O) groups excluding carboxylic acids is 1. The molecule has 3 nitrogen and oxygen atoms in total. The number of nitrogens with zero attached hydrogens (tertiary/aromatic N) is 1. The number of likely N-dealkylation sites (tertiary alicyclic amines) is 1. The number of nitrogens with one attached hydrogen (secondary N) is 1. The molecule has 112 valence electrons. The van der Waals surface area contributed by atoms with Crippen LogP contribution in [0.2, 0.25) is 0 Å². The van der Waals surface area contributed by atoms with Gasteiger partial charge in [0.1, 0.15) is 0 Å². The molecular weight excluding hydrogens is 260 g/mol. The molecule has 2 fully saturated rings. The van der Waals surface area contributed by atoms with Gasteiger partial charge in [-0.1, -0.05) is 27.2 Å². The summed E-state index contributed by atoms with van der Waals surface area (Å²) in [5.41, 5.74) is 0.387. The molecule has 1 N–H and O–H groups in total. The summed E-state index contributed by atoms with van der Waals surface area (Å²) in [6, 6.07) is 0.102. The van der Waals surface area contributed by atoms with Crippen LogP contribution in [-0.2, 0) is 4.79 Å². The molecule has 0 bridgehead atoms. The normalized spacial score (nSPS) is 25.8. The van der Waals surface area contributed by atoms with Gasteiger partial charge in [-0.25, -0.2) is 0 Å². The van der Waals surface area contributed by atoms with Gasteiger partial charge in [0.05, 0.1) is 6.04 Å². The zero-order chi connectivity index (χ0) is 13.2. The highest BCUT2D eigenvalue weighted by atomic mass is 35.5. The van der Waals surface area contributed by atoms with E-state index in [0.29, 0.717) is 11.3 Å². The maximum Gasteiger partial charge on any atom is 0.239 e. The maximum absolute atomic E-state index is 12.4. The van der Waals surface area contributed by atoms with Crippen LogP contribution in [0.3, 0.4) is 0 Å². The molecule has 0 saturated carbocycles. The standard InChI is InChI=1S/C15H28N2O.ClH/c1-15(2,3)12-7-10-17(11-8-12)14(18)13-6-4-5-9-16-13;/h12-13,16H,4-11H2,1-3H3;1H. The van der Waals surface area contributed by atoms with Crippen LogP contribution in [0, 0.1) is 11.3 Å². The number of piperidine rings is 2. The Kier molecular flexibility index (Phi) is 6.13. The van der Waals surface area contributed by atoms with Crippen LogP contribution in [0.25, 0.3) is 0 Å².